The van der Waals surface area contributed by atoms with E-state index in [0.717, 1.165) is 23.6 Å². The fourth-order valence-corrected chi connectivity index (χ4v) is 2.66. The summed E-state index contributed by atoms with van der Waals surface area (Å²) in [7, 11) is 3.98. The minimum Gasteiger partial charge on any atom is -0.706 e. The van der Waals surface area contributed by atoms with Gasteiger partial charge >= 0.3 is 0 Å². The summed E-state index contributed by atoms with van der Waals surface area (Å²) in [4.78, 5) is 8.99. The number of aromatic nitrogens is 4. The first-order valence-corrected chi connectivity index (χ1v) is 7.07. The third-order valence-corrected chi connectivity index (χ3v) is 3.83. The Bertz CT molecular complexity index is 728. The van der Waals surface area contributed by atoms with E-state index in [1.807, 2.05) is 47.8 Å². The van der Waals surface area contributed by atoms with Gasteiger partial charge in [-0.25, -0.2) is 9.97 Å². The van der Waals surface area contributed by atoms with Gasteiger partial charge in [-0.1, -0.05) is 12.1 Å². The van der Waals surface area contributed by atoms with Gasteiger partial charge in [-0.15, -0.1) is 0 Å². The second-order valence-electron chi connectivity index (χ2n) is 5.32. The van der Waals surface area contributed by atoms with Gasteiger partial charge in [0, 0.05) is 44.6 Å². The second-order valence-corrected chi connectivity index (χ2v) is 5.32. The van der Waals surface area contributed by atoms with Crippen LogP contribution in [0.25, 0.3) is 5.53 Å². The Balaban J connectivity index is 1.97. The van der Waals surface area contributed by atoms with Crippen molar-refractivity contribution in [1.82, 2.24) is 19.1 Å². The molecule has 0 N–H and O–H groups in total. The molecule has 0 atom stereocenters. The molecular formula is C16H17N6-. The number of benzene rings is 1. The Hall–Kier alpha value is -2.76. The number of hydrogen-bond donors (Lipinski definition) is 0. The van der Waals surface area contributed by atoms with Crippen LogP contribution < -0.4 is 0 Å². The first kappa shape index (κ1) is 14.2. The molecule has 0 radical (unpaired) electrons. The number of rotatable bonds is 5. The maximum absolute atomic E-state index is 8.78. The number of hydrogen-bond acceptors (Lipinski definition) is 3. The first-order valence-electron chi connectivity index (χ1n) is 7.07. The van der Waals surface area contributed by atoms with Crippen LogP contribution in [0.4, 0.5) is 5.69 Å². The third-order valence-electron chi connectivity index (χ3n) is 3.83. The molecule has 6 heteroatoms. The Kier molecular flexibility index (Phi) is 3.82. The van der Waals surface area contributed by atoms with E-state index in [4.69, 9.17) is 5.53 Å². The predicted octanol–water partition coefficient (Wildman–Crippen LogP) is 3.18. The molecular weight excluding hydrogens is 276 g/mol. The Morgan fingerprint density at radius 2 is 1.55 bits per heavy atom. The zero-order valence-electron chi connectivity index (χ0n) is 12.6. The molecule has 3 rings (SSSR count). The quantitative estimate of drug-likeness (QED) is 0.678. The van der Waals surface area contributed by atoms with Crippen molar-refractivity contribution in [1.29, 1.82) is 0 Å². The highest BCUT2D eigenvalue weighted by atomic mass is 15.1. The van der Waals surface area contributed by atoms with Gasteiger partial charge in [-0.05, 0) is 24.1 Å². The van der Waals surface area contributed by atoms with Gasteiger partial charge in [-0.2, -0.15) is 0 Å². The standard InChI is InChI=1S/C16H17N6/c1-21-9-7-18-15(21)14(16-19-8-10-22(16)2)11-12-3-5-13(20-17)6-4-12/h3-10,14H,11H2,1-2H3/q-1. The molecule has 0 fully saturated rings. The number of nitrogens with zero attached hydrogens (tertiary/aromatic N) is 6. The third kappa shape index (κ3) is 2.67. The van der Waals surface area contributed by atoms with Gasteiger partial charge in [0.1, 0.15) is 11.6 Å². The number of imidazole rings is 2. The van der Waals surface area contributed by atoms with Crippen LogP contribution in [-0.2, 0) is 20.5 Å². The highest BCUT2D eigenvalue weighted by molar-refractivity contribution is 5.39. The summed E-state index contributed by atoms with van der Waals surface area (Å²) in [5.74, 6) is 2.02. The van der Waals surface area contributed by atoms with E-state index in [-0.39, 0.29) is 5.92 Å². The molecule has 0 aliphatic rings. The minimum atomic E-state index is 0.0666. The summed E-state index contributed by atoms with van der Waals surface area (Å²) < 4.78 is 4.05. The van der Waals surface area contributed by atoms with Crippen LogP contribution in [0.3, 0.4) is 0 Å². The smallest absolute Gasteiger partial charge is 0.119 e. The van der Waals surface area contributed by atoms with Gasteiger partial charge in [0.25, 0.3) is 0 Å². The largest absolute Gasteiger partial charge is 0.706 e. The van der Waals surface area contributed by atoms with Gasteiger partial charge in [0.05, 0.1) is 5.92 Å². The van der Waals surface area contributed by atoms with Crippen LogP contribution in [-0.4, -0.2) is 19.1 Å². The first-order chi connectivity index (χ1) is 10.7. The molecule has 0 unspecified atom stereocenters. The molecule has 0 spiro atoms. The van der Waals surface area contributed by atoms with Crippen LogP contribution in [0.2, 0.25) is 0 Å². The summed E-state index contributed by atoms with van der Waals surface area (Å²) in [6.07, 6.45) is 8.28. The van der Waals surface area contributed by atoms with Crippen molar-refractivity contribution >= 4 is 5.69 Å². The SMILES string of the molecule is Cn1ccnc1C(Cc1ccc(N=[N-])cc1)c1nccn1C. The monoisotopic (exact) mass is 293 g/mol. The molecule has 0 saturated carbocycles. The molecule has 0 amide bonds. The van der Waals surface area contributed by atoms with E-state index in [2.05, 4.69) is 15.1 Å². The fourth-order valence-electron chi connectivity index (χ4n) is 2.66. The van der Waals surface area contributed by atoms with Gasteiger partial charge < -0.3 is 19.8 Å². The summed E-state index contributed by atoms with van der Waals surface area (Å²) in [5, 5.41) is 3.19. The van der Waals surface area contributed by atoms with Crippen LogP contribution in [0.5, 0.6) is 0 Å². The Labute approximate surface area is 129 Å². The molecule has 6 nitrogen and oxygen atoms in total. The zero-order chi connectivity index (χ0) is 15.5. The van der Waals surface area contributed by atoms with Gasteiger partial charge in [0.2, 0.25) is 0 Å². The summed E-state index contributed by atoms with van der Waals surface area (Å²) in [6, 6.07) is 7.52. The predicted molar refractivity (Wildman–Crippen MR) is 83.9 cm³/mol. The van der Waals surface area contributed by atoms with E-state index < -0.39 is 0 Å². The van der Waals surface area contributed by atoms with Crippen molar-refractivity contribution in [3.63, 3.8) is 0 Å². The molecule has 1 aromatic carbocycles. The lowest BCUT2D eigenvalue weighted by Crippen LogP contribution is -2.15. The molecule has 22 heavy (non-hydrogen) atoms. The van der Waals surface area contributed by atoms with Crippen molar-refractivity contribution in [2.45, 2.75) is 12.3 Å². The summed E-state index contributed by atoms with van der Waals surface area (Å²) >= 11 is 0. The number of aryl methyl sites for hydroxylation is 2. The maximum atomic E-state index is 8.78. The van der Waals surface area contributed by atoms with E-state index >= 15 is 0 Å². The van der Waals surface area contributed by atoms with E-state index in [9.17, 15) is 0 Å². The molecule has 0 saturated heterocycles. The maximum Gasteiger partial charge on any atom is 0.119 e. The van der Waals surface area contributed by atoms with Crippen LogP contribution in [0.15, 0.2) is 54.2 Å². The lowest BCUT2D eigenvalue weighted by Gasteiger charge is -2.17. The van der Waals surface area contributed by atoms with Gasteiger partial charge in [0.15, 0.2) is 0 Å². The van der Waals surface area contributed by atoms with Crippen molar-refractivity contribution in [2.24, 2.45) is 19.2 Å². The molecule has 112 valence electrons. The van der Waals surface area contributed by atoms with Crippen molar-refractivity contribution in [2.75, 3.05) is 0 Å². The van der Waals surface area contributed by atoms with E-state index in [1.165, 1.54) is 0 Å². The van der Waals surface area contributed by atoms with Crippen LogP contribution in [0.1, 0.15) is 23.1 Å². The molecule has 0 aliphatic carbocycles. The molecule has 0 bridgehead atoms. The van der Waals surface area contributed by atoms with Crippen LogP contribution in [0, 0.1) is 0 Å². The second kappa shape index (κ2) is 5.93. The van der Waals surface area contributed by atoms with E-state index in [0.29, 0.717) is 5.69 Å². The average Bonchev–Trinajstić information content (AvgIpc) is 3.14. The normalized spacial score (nSPS) is 11.0. The minimum absolute atomic E-state index is 0.0666. The zero-order valence-corrected chi connectivity index (χ0v) is 12.6. The van der Waals surface area contributed by atoms with Crippen molar-refractivity contribution in [3.8, 4) is 0 Å². The molecule has 2 heterocycles. The Morgan fingerprint density at radius 3 is 1.95 bits per heavy atom. The highest BCUT2D eigenvalue weighted by Crippen LogP contribution is 2.26. The van der Waals surface area contributed by atoms with Crippen molar-refractivity contribution in [3.05, 3.63) is 71.8 Å². The molecule has 2 aromatic heterocycles. The average molecular weight is 293 g/mol. The van der Waals surface area contributed by atoms with Crippen molar-refractivity contribution < 1.29 is 0 Å². The summed E-state index contributed by atoms with van der Waals surface area (Å²) in [5.41, 5.74) is 10.5. The molecule has 0 aliphatic heterocycles. The highest BCUT2D eigenvalue weighted by Gasteiger charge is 2.22. The van der Waals surface area contributed by atoms with E-state index in [1.54, 1.807) is 24.5 Å². The Morgan fingerprint density at radius 1 is 1.00 bits per heavy atom. The fraction of sp³-hybridized carbons (Fsp3) is 0.250. The topological polar surface area (TPSA) is 70.3 Å². The van der Waals surface area contributed by atoms with Gasteiger partial charge in [-0.3, -0.25) is 0 Å². The lowest BCUT2D eigenvalue weighted by molar-refractivity contribution is 0.626. The van der Waals surface area contributed by atoms with Crippen LogP contribution >= 0.6 is 0 Å². The lowest BCUT2D eigenvalue weighted by atomic mass is 9.97. The summed E-state index contributed by atoms with van der Waals surface area (Å²) in [6.45, 7) is 0. The molecule has 3 aromatic rings.